The zero-order valence-electron chi connectivity index (χ0n) is 15.4. The number of rotatable bonds is 7. The van der Waals surface area contributed by atoms with E-state index in [0.717, 1.165) is 35.7 Å². The first kappa shape index (κ1) is 18.7. The molecule has 26 heavy (non-hydrogen) atoms. The Morgan fingerprint density at radius 3 is 2.62 bits per heavy atom. The first-order chi connectivity index (χ1) is 12.6. The molecule has 0 amide bonds. The van der Waals surface area contributed by atoms with Gasteiger partial charge in [0.2, 0.25) is 0 Å². The van der Waals surface area contributed by atoms with Crippen LogP contribution in [-0.2, 0) is 16.8 Å². The highest BCUT2D eigenvalue weighted by Crippen LogP contribution is 2.36. The molecule has 1 saturated heterocycles. The zero-order valence-corrected chi connectivity index (χ0v) is 15.4. The quantitative estimate of drug-likeness (QED) is 0.797. The van der Waals surface area contributed by atoms with E-state index in [1.807, 2.05) is 48.5 Å². The summed E-state index contributed by atoms with van der Waals surface area (Å²) in [6.07, 6.45) is 0.882. The first-order valence-corrected chi connectivity index (χ1v) is 8.96. The Bertz CT molecular complexity index is 700. The summed E-state index contributed by atoms with van der Waals surface area (Å²) in [4.78, 5) is 0. The molecule has 1 aliphatic rings. The molecule has 0 aromatic heterocycles. The van der Waals surface area contributed by atoms with Gasteiger partial charge in [-0.1, -0.05) is 30.3 Å². The second-order valence-corrected chi connectivity index (χ2v) is 6.65. The molecule has 0 spiro atoms. The molecule has 3 rings (SSSR count). The Morgan fingerprint density at radius 2 is 1.96 bits per heavy atom. The highest BCUT2D eigenvalue weighted by molar-refractivity contribution is 5.42. The maximum atomic E-state index is 11.7. The molecule has 0 saturated carbocycles. The predicted molar refractivity (Wildman–Crippen MR) is 101 cm³/mol. The molecule has 2 N–H and O–H groups in total. The molecular weight excluding hydrogens is 330 g/mol. The lowest BCUT2D eigenvalue weighted by molar-refractivity contribution is -0.0535. The summed E-state index contributed by atoms with van der Waals surface area (Å²) in [6.45, 7) is 2.26. The van der Waals surface area contributed by atoms with Gasteiger partial charge in [-0.15, -0.1) is 0 Å². The monoisotopic (exact) mass is 357 g/mol. The fraction of sp³-hybridized carbons (Fsp3) is 0.429. The molecule has 0 radical (unpaired) electrons. The van der Waals surface area contributed by atoms with Gasteiger partial charge >= 0.3 is 0 Å². The summed E-state index contributed by atoms with van der Waals surface area (Å²) in [5, 5.41) is 15.0. The molecule has 5 heteroatoms. The maximum absolute atomic E-state index is 11.7. The summed E-state index contributed by atoms with van der Waals surface area (Å²) in [5.41, 5.74) is 0.714. The van der Waals surface area contributed by atoms with Gasteiger partial charge in [0.05, 0.1) is 32.5 Å². The molecule has 2 aromatic carbocycles. The molecule has 2 atom stereocenters. The van der Waals surface area contributed by atoms with Crippen LogP contribution >= 0.6 is 0 Å². The van der Waals surface area contributed by atoms with Gasteiger partial charge in [0, 0.05) is 31.5 Å². The smallest absolute Gasteiger partial charge is 0.122 e. The van der Waals surface area contributed by atoms with Crippen LogP contribution in [0.4, 0.5) is 0 Å². The van der Waals surface area contributed by atoms with Crippen LogP contribution < -0.4 is 14.8 Å². The van der Waals surface area contributed by atoms with Crippen molar-refractivity contribution in [2.24, 2.45) is 0 Å². The van der Waals surface area contributed by atoms with Gasteiger partial charge in [-0.2, -0.15) is 0 Å². The molecule has 1 aliphatic heterocycles. The molecule has 0 bridgehead atoms. The molecule has 2 aromatic rings. The van der Waals surface area contributed by atoms with Crippen molar-refractivity contribution < 1.29 is 19.3 Å². The van der Waals surface area contributed by atoms with Crippen molar-refractivity contribution >= 4 is 0 Å². The SMILES string of the molecule is COc1ccc(OC)c(CC(O)(CC2CNCCO2)c2ccccc2)c1. The number of nitrogens with one attached hydrogen (secondary N) is 1. The second-order valence-electron chi connectivity index (χ2n) is 6.65. The lowest BCUT2D eigenvalue weighted by Gasteiger charge is -2.35. The van der Waals surface area contributed by atoms with E-state index >= 15 is 0 Å². The molecule has 2 unspecified atom stereocenters. The summed E-state index contributed by atoms with van der Waals surface area (Å²) in [7, 11) is 3.28. The highest BCUT2D eigenvalue weighted by Gasteiger charge is 2.35. The first-order valence-electron chi connectivity index (χ1n) is 8.96. The number of ether oxygens (including phenoxy) is 3. The Hall–Kier alpha value is -2.08. The number of morpholine rings is 1. The normalized spacial score (nSPS) is 19.6. The Balaban J connectivity index is 1.93. The second kappa shape index (κ2) is 8.54. The minimum Gasteiger partial charge on any atom is -0.497 e. The van der Waals surface area contributed by atoms with Gasteiger partial charge in [0.15, 0.2) is 0 Å². The Kier molecular flexibility index (Phi) is 6.14. The van der Waals surface area contributed by atoms with Crippen LogP contribution in [0.2, 0.25) is 0 Å². The predicted octanol–water partition coefficient (Wildman–Crippen LogP) is 2.51. The average Bonchev–Trinajstić information content (AvgIpc) is 2.69. The summed E-state index contributed by atoms with van der Waals surface area (Å²) in [6, 6.07) is 15.4. The Labute approximate surface area is 154 Å². The van der Waals surface area contributed by atoms with Crippen LogP contribution in [0.25, 0.3) is 0 Å². The Morgan fingerprint density at radius 1 is 1.15 bits per heavy atom. The number of hydrogen-bond donors (Lipinski definition) is 2. The van der Waals surface area contributed by atoms with Crippen molar-refractivity contribution in [2.45, 2.75) is 24.5 Å². The molecule has 1 fully saturated rings. The molecule has 1 heterocycles. The van der Waals surface area contributed by atoms with Gasteiger partial charge in [-0.3, -0.25) is 0 Å². The van der Waals surface area contributed by atoms with E-state index in [1.165, 1.54) is 0 Å². The molecule has 0 aliphatic carbocycles. The summed E-state index contributed by atoms with van der Waals surface area (Å²) >= 11 is 0. The van der Waals surface area contributed by atoms with Crippen LogP contribution in [0.5, 0.6) is 11.5 Å². The fourth-order valence-corrected chi connectivity index (χ4v) is 3.50. The van der Waals surface area contributed by atoms with Gasteiger partial charge in [0.1, 0.15) is 11.5 Å². The summed E-state index contributed by atoms with van der Waals surface area (Å²) < 4.78 is 16.7. The number of aliphatic hydroxyl groups is 1. The number of hydrogen-bond acceptors (Lipinski definition) is 5. The van der Waals surface area contributed by atoms with Crippen LogP contribution in [0.15, 0.2) is 48.5 Å². The molecule has 140 valence electrons. The third-order valence-corrected chi connectivity index (χ3v) is 4.85. The van der Waals surface area contributed by atoms with Crippen LogP contribution in [0.1, 0.15) is 17.5 Å². The van der Waals surface area contributed by atoms with E-state index < -0.39 is 5.60 Å². The molecule has 5 nitrogen and oxygen atoms in total. The van der Waals surface area contributed by atoms with E-state index in [0.29, 0.717) is 19.4 Å². The zero-order chi connectivity index (χ0) is 18.4. The third kappa shape index (κ3) is 4.36. The minimum absolute atomic E-state index is 0.0365. The van der Waals surface area contributed by atoms with Crippen LogP contribution in [0.3, 0.4) is 0 Å². The van der Waals surface area contributed by atoms with Crippen LogP contribution in [-0.4, -0.2) is 45.1 Å². The third-order valence-electron chi connectivity index (χ3n) is 4.85. The fourth-order valence-electron chi connectivity index (χ4n) is 3.50. The van der Waals surface area contributed by atoms with Crippen molar-refractivity contribution in [1.29, 1.82) is 0 Å². The van der Waals surface area contributed by atoms with E-state index in [-0.39, 0.29) is 6.10 Å². The van der Waals surface area contributed by atoms with Crippen molar-refractivity contribution in [1.82, 2.24) is 5.32 Å². The largest absolute Gasteiger partial charge is 0.497 e. The van der Waals surface area contributed by atoms with E-state index in [4.69, 9.17) is 14.2 Å². The van der Waals surface area contributed by atoms with Gasteiger partial charge in [0.25, 0.3) is 0 Å². The van der Waals surface area contributed by atoms with Gasteiger partial charge in [-0.05, 0) is 23.8 Å². The van der Waals surface area contributed by atoms with E-state index in [2.05, 4.69) is 5.32 Å². The van der Waals surface area contributed by atoms with E-state index in [9.17, 15) is 5.11 Å². The highest BCUT2D eigenvalue weighted by atomic mass is 16.5. The molecular formula is C21H27NO4. The minimum atomic E-state index is -1.06. The topological polar surface area (TPSA) is 60.0 Å². The summed E-state index contributed by atoms with van der Waals surface area (Å²) in [5.74, 6) is 1.48. The van der Waals surface area contributed by atoms with Crippen molar-refractivity contribution in [2.75, 3.05) is 33.9 Å². The number of methoxy groups -OCH3 is 2. The van der Waals surface area contributed by atoms with Crippen molar-refractivity contribution in [3.63, 3.8) is 0 Å². The van der Waals surface area contributed by atoms with Gasteiger partial charge in [-0.25, -0.2) is 0 Å². The van der Waals surface area contributed by atoms with E-state index in [1.54, 1.807) is 14.2 Å². The van der Waals surface area contributed by atoms with Gasteiger partial charge < -0.3 is 24.6 Å². The van der Waals surface area contributed by atoms with Crippen LogP contribution in [0, 0.1) is 0 Å². The lowest BCUT2D eigenvalue weighted by atomic mass is 9.82. The maximum Gasteiger partial charge on any atom is 0.122 e. The lowest BCUT2D eigenvalue weighted by Crippen LogP contribution is -2.43. The number of benzene rings is 2. The van der Waals surface area contributed by atoms with Crippen molar-refractivity contribution in [3.8, 4) is 11.5 Å². The average molecular weight is 357 g/mol. The standard InChI is InChI=1S/C21H27NO4/c1-24-18-8-9-20(25-2)16(12-18)13-21(23,17-6-4-3-5-7-17)14-19-15-22-10-11-26-19/h3-9,12,19,22-23H,10-11,13-15H2,1-2H3. The van der Waals surface area contributed by atoms with Crippen molar-refractivity contribution in [3.05, 3.63) is 59.7 Å².